The zero-order valence-corrected chi connectivity index (χ0v) is 13.5. The summed E-state index contributed by atoms with van der Waals surface area (Å²) < 4.78 is 6.09. The van der Waals surface area contributed by atoms with Gasteiger partial charge in [-0.1, -0.05) is 6.92 Å². The van der Waals surface area contributed by atoms with Crippen LogP contribution in [0.2, 0.25) is 0 Å². The van der Waals surface area contributed by atoms with E-state index in [4.69, 9.17) is 4.74 Å². The van der Waals surface area contributed by atoms with Gasteiger partial charge >= 0.3 is 0 Å². The first kappa shape index (κ1) is 14.5. The molecule has 1 spiro atoms. The van der Waals surface area contributed by atoms with Crippen molar-refractivity contribution in [2.45, 2.75) is 64.0 Å². The second-order valence-corrected chi connectivity index (χ2v) is 7.62. The molecule has 20 heavy (non-hydrogen) atoms. The van der Waals surface area contributed by atoms with Gasteiger partial charge in [-0.25, -0.2) is 4.98 Å². The van der Waals surface area contributed by atoms with Crippen LogP contribution in [0, 0.1) is 12.8 Å². The van der Waals surface area contributed by atoms with E-state index in [1.54, 1.807) is 0 Å². The van der Waals surface area contributed by atoms with Crippen LogP contribution in [0.4, 0.5) is 0 Å². The van der Waals surface area contributed by atoms with Crippen LogP contribution in [-0.2, 0) is 4.74 Å². The van der Waals surface area contributed by atoms with Gasteiger partial charge in [0.1, 0.15) is 0 Å². The molecule has 1 saturated heterocycles. The van der Waals surface area contributed by atoms with E-state index in [0.717, 1.165) is 13.2 Å². The monoisotopic (exact) mass is 294 g/mol. The lowest BCUT2D eigenvalue weighted by atomic mass is 9.70. The fourth-order valence-corrected chi connectivity index (χ4v) is 4.55. The zero-order valence-electron chi connectivity index (χ0n) is 12.7. The van der Waals surface area contributed by atoms with Crippen LogP contribution in [0.25, 0.3) is 0 Å². The topological polar surface area (TPSA) is 34.2 Å². The van der Waals surface area contributed by atoms with Gasteiger partial charge in [0, 0.05) is 23.7 Å². The van der Waals surface area contributed by atoms with Gasteiger partial charge in [0.15, 0.2) is 0 Å². The summed E-state index contributed by atoms with van der Waals surface area (Å²) in [7, 11) is 0. The van der Waals surface area contributed by atoms with Gasteiger partial charge in [0.2, 0.25) is 0 Å². The second kappa shape index (κ2) is 6.12. The van der Waals surface area contributed by atoms with Crippen molar-refractivity contribution >= 4 is 11.3 Å². The first-order valence-electron chi connectivity index (χ1n) is 8.02. The van der Waals surface area contributed by atoms with Crippen molar-refractivity contribution in [3.05, 3.63) is 16.1 Å². The first-order chi connectivity index (χ1) is 9.72. The van der Waals surface area contributed by atoms with Crippen LogP contribution in [-0.4, -0.2) is 23.7 Å². The minimum atomic E-state index is 0.231. The van der Waals surface area contributed by atoms with Gasteiger partial charge in [-0.2, -0.15) is 0 Å². The van der Waals surface area contributed by atoms with E-state index < -0.39 is 0 Å². The van der Waals surface area contributed by atoms with Gasteiger partial charge in [-0.05, 0) is 57.9 Å². The third-order valence-corrected chi connectivity index (χ3v) is 5.82. The van der Waals surface area contributed by atoms with Crippen molar-refractivity contribution < 1.29 is 4.74 Å². The standard InChI is InChI=1S/C16H26N2OS/c1-3-8-17-15(14-11-18-12(2)20-14)13-5-9-19-16(10-13)6-4-7-16/h11,13,15,17H,3-10H2,1-2H3. The summed E-state index contributed by atoms with van der Waals surface area (Å²) in [4.78, 5) is 5.87. The van der Waals surface area contributed by atoms with Crippen LogP contribution in [0.15, 0.2) is 6.20 Å². The van der Waals surface area contributed by atoms with E-state index in [9.17, 15) is 0 Å². The van der Waals surface area contributed by atoms with E-state index >= 15 is 0 Å². The molecule has 1 aromatic rings. The molecule has 0 radical (unpaired) electrons. The van der Waals surface area contributed by atoms with E-state index in [1.807, 2.05) is 11.3 Å². The van der Waals surface area contributed by atoms with Crippen LogP contribution in [0.3, 0.4) is 0 Å². The SMILES string of the molecule is CCCNC(c1cnc(C)s1)C1CCOC2(CCC2)C1. The van der Waals surface area contributed by atoms with E-state index in [-0.39, 0.29) is 5.60 Å². The van der Waals surface area contributed by atoms with Gasteiger partial charge in [0.25, 0.3) is 0 Å². The number of aryl methyl sites for hydroxylation is 1. The van der Waals surface area contributed by atoms with Crippen LogP contribution in [0.1, 0.15) is 61.4 Å². The molecule has 1 saturated carbocycles. The fraction of sp³-hybridized carbons (Fsp3) is 0.812. The molecular formula is C16H26N2OS. The van der Waals surface area contributed by atoms with E-state index in [2.05, 4.69) is 30.3 Å². The van der Waals surface area contributed by atoms with Crippen molar-refractivity contribution in [2.75, 3.05) is 13.2 Å². The summed E-state index contributed by atoms with van der Waals surface area (Å²) in [5.41, 5.74) is 0.231. The van der Waals surface area contributed by atoms with Gasteiger partial charge < -0.3 is 10.1 Å². The Kier molecular flexibility index (Phi) is 4.43. The molecule has 1 aliphatic carbocycles. The summed E-state index contributed by atoms with van der Waals surface area (Å²) in [6.07, 6.45) is 9.56. The zero-order chi connectivity index (χ0) is 14.0. The average Bonchev–Trinajstić information content (AvgIpc) is 2.84. The molecule has 2 fully saturated rings. The number of nitrogens with one attached hydrogen (secondary N) is 1. The highest BCUT2D eigenvalue weighted by Crippen LogP contribution is 2.47. The van der Waals surface area contributed by atoms with Gasteiger partial charge in [-0.15, -0.1) is 11.3 Å². The van der Waals surface area contributed by atoms with Gasteiger partial charge in [0.05, 0.1) is 10.6 Å². The molecule has 1 aliphatic heterocycles. The first-order valence-corrected chi connectivity index (χ1v) is 8.84. The van der Waals surface area contributed by atoms with Crippen molar-refractivity contribution in [1.82, 2.24) is 10.3 Å². The van der Waals surface area contributed by atoms with Crippen molar-refractivity contribution in [3.63, 3.8) is 0 Å². The highest BCUT2D eigenvalue weighted by atomic mass is 32.1. The molecule has 0 bridgehead atoms. The quantitative estimate of drug-likeness (QED) is 0.896. The van der Waals surface area contributed by atoms with Crippen molar-refractivity contribution in [3.8, 4) is 0 Å². The Bertz CT molecular complexity index is 441. The molecule has 2 atom stereocenters. The minimum Gasteiger partial charge on any atom is -0.375 e. The molecule has 3 rings (SSSR count). The lowest BCUT2D eigenvalue weighted by Crippen LogP contribution is -2.48. The summed E-state index contributed by atoms with van der Waals surface area (Å²) in [6, 6.07) is 0.475. The largest absolute Gasteiger partial charge is 0.375 e. The molecule has 2 unspecified atom stereocenters. The number of nitrogens with zero attached hydrogens (tertiary/aromatic N) is 1. The molecule has 0 amide bonds. The van der Waals surface area contributed by atoms with Crippen molar-refractivity contribution in [2.24, 2.45) is 5.92 Å². The smallest absolute Gasteiger partial charge is 0.0897 e. The Hall–Kier alpha value is -0.450. The maximum absolute atomic E-state index is 6.09. The number of ether oxygens (including phenoxy) is 1. The lowest BCUT2D eigenvalue weighted by molar-refractivity contribution is -0.147. The number of aromatic nitrogens is 1. The number of rotatable bonds is 5. The summed E-state index contributed by atoms with van der Waals surface area (Å²) >= 11 is 1.85. The second-order valence-electron chi connectivity index (χ2n) is 6.35. The Morgan fingerprint density at radius 2 is 2.40 bits per heavy atom. The highest BCUT2D eigenvalue weighted by molar-refractivity contribution is 7.11. The molecule has 112 valence electrons. The maximum Gasteiger partial charge on any atom is 0.0897 e. The Morgan fingerprint density at radius 3 is 3.00 bits per heavy atom. The van der Waals surface area contributed by atoms with E-state index in [0.29, 0.717) is 12.0 Å². The van der Waals surface area contributed by atoms with Crippen LogP contribution in [0.5, 0.6) is 0 Å². The van der Waals surface area contributed by atoms with Crippen LogP contribution < -0.4 is 5.32 Å². The lowest BCUT2D eigenvalue weighted by Gasteiger charge is -2.48. The number of hydrogen-bond acceptors (Lipinski definition) is 4. The Balaban J connectivity index is 1.74. The molecule has 0 aromatic carbocycles. The number of thiazole rings is 1. The summed E-state index contributed by atoms with van der Waals surface area (Å²) in [5, 5.41) is 4.94. The molecule has 1 N–H and O–H groups in total. The van der Waals surface area contributed by atoms with Crippen molar-refractivity contribution in [1.29, 1.82) is 0 Å². The third kappa shape index (κ3) is 2.92. The fourth-order valence-electron chi connectivity index (χ4n) is 3.59. The number of hydrogen-bond donors (Lipinski definition) is 1. The normalized spacial score (nSPS) is 26.4. The minimum absolute atomic E-state index is 0.231. The molecule has 2 aliphatic rings. The predicted molar refractivity (Wildman–Crippen MR) is 83.1 cm³/mol. The van der Waals surface area contributed by atoms with Gasteiger partial charge in [-0.3, -0.25) is 0 Å². The molecule has 3 nitrogen and oxygen atoms in total. The van der Waals surface area contributed by atoms with E-state index in [1.165, 1.54) is 48.4 Å². The average molecular weight is 294 g/mol. The third-order valence-electron chi connectivity index (χ3n) is 4.83. The highest BCUT2D eigenvalue weighted by Gasteiger charge is 2.44. The Labute approximate surface area is 126 Å². The maximum atomic E-state index is 6.09. The van der Waals surface area contributed by atoms with Crippen LogP contribution >= 0.6 is 11.3 Å². The predicted octanol–water partition coefficient (Wildman–Crippen LogP) is 3.84. The molecule has 4 heteroatoms. The molecule has 1 aromatic heterocycles. The Morgan fingerprint density at radius 1 is 1.55 bits per heavy atom. The molecule has 2 heterocycles. The molecular weight excluding hydrogens is 268 g/mol. The summed E-state index contributed by atoms with van der Waals surface area (Å²) in [5.74, 6) is 0.704. The summed E-state index contributed by atoms with van der Waals surface area (Å²) in [6.45, 7) is 6.36.